The van der Waals surface area contributed by atoms with E-state index in [1.807, 2.05) is 0 Å². The molecule has 0 spiro atoms. The van der Waals surface area contributed by atoms with E-state index in [0.29, 0.717) is 29.3 Å². The van der Waals surface area contributed by atoms with Crippen LogP contribution in [0.5, 0.6) is 0 Å². The first-order valence-corrected chi connectivity index (χ1v) is 11.2. The smallest absolute Gasteiger partial charge is 0.148 e. The Morgan fingerprint density at radius 3 is 1.63 bits per heavy atom. The summed E-state index contributed by atoms with van der Waals surface area (Å²) in [5, 5.41) is 0. The molecular formula is C23H49B2N2. The molecular weight excluding hydrogens is 326 g/mol. The highest BCUT2D eigenvalue weighted by atomic mass is 15.2. The fraction of sp³-hybridized carbons (Fsp3) is 1.00. The molecule has 27 heavy (non-hydrogen) atoms. The van der Waals surface area contributed by atoms with E-state index >= 15 is 0 Å². The molecule has 0 aliphatic rings. The van der Waals surface area contributed by atoms with Crippen molar-refractivity contribution in [3.8, 4) is 0 Å². The van der Waals surface area contributed by atoms with Gasteiger partial charge in [-0.05, 0) is 83.8 Å². The van der Waals surface area contributed by atoms with Crippen LogP contribution in [0.3, 0.4) is 0 Å². The summed E-state index contributed by atoms with van der Waals surface area (Å²) in [4.78, 5) is 4.70. The molecule has 0 heterocycles. The summed E-state index contributed by atoms with van der Waals surface area (Å²) in [7, 11) is 11.8. The van der Waals surface area contributed by atoms with Crippen LogP contribution in [0.25, 0.3) is 0 Å². The van der Waals surface area contributed by atoms with Gasteiger partial charge in [0.1, 0.15) is 7.31 Å². The van der Waals surface area contributed by atoms with Crippen LogP contribution in [-0.2, 0) is 0 Å². The lowest BCUT2D eigenvalue weighted by atomic mass is 9.58. The minimum Gasteiger partial charge on any atom is -0.357 e. The van der Waals surface area contributed by atoms with Gasteiger partial charge in [-0.3, -0.25) is 4.90 Å². The zero-order valence-corrected chi connectivity index (χ0v) is 20.8. The van der Waals surface area contributed by atoms with E-state index in [1.165, 1.54) is 25.7 Å². The lowest BCUT2D eigenvalue weighted by molar-refractivity contribution is 0.00341. The van der Waals surface area contributed by atoms with Crippen LogP contribution in [0.4, 0.5) is 0 Å². The first kappa shape index (κ1) is 27.0. The highest BCUT2D eigenvalue weighted by molar-refractivity contribution is 6.87. The number of rotatable bonds is 12. The average Bonchev–Trinajstić information content (AvgIpc) is 2.58. The van der Waals surface area contributed by atoms with Crippen molar-refractivity contribution in [1.82, 2.24) is 9.71 Å². The summed E-state index contributed by atoms with van der Waals surface area (Å²) in [5.74, 6) is 2.05. The van der Waals surface area contributed by atoms with E-state index in [9.17, 15) is 0 Å². The van der Waals surface area contributed by atoms with Gasteiger partial charge >= 0.3 is 0 Å². The van der Waals surface area contributed by atoms with Gasteiger partial charge in [0.15, 0.2) is 0 Å². The molecule has 157 valence electrons. The van der Waals surface area contributed by atoms with Crippen molar-refractivity contribution in [3.05, 3.63) is 0 Å². The molecule has 0 bridgehead atoms. The van der Waals surface area contributed by atoms with Crippen LogP contribution >= 0.6 is 0 Å². The summed E-state index contributed by atoms with van der Waals surface area (Å²) in [6, 6.07) is 1.05. The molecule has 0 aliphatic heterocycles. The maximum absolute atomic E-state index is 5.76. The normalized spacial score (nSPS) is 20.8. The maximum atomic E-state index is 5.76. The number of hydrogen-bond acceptors (Lipinski definition) is 2. The molecule has 6 atom stereocenters. The molecule has 2 nitrogen and oxygen atoms in total. The summed E-state index contributed by atoms with van der Waals surface area (Å²) in [5.41, 5.74) is 0.539. The highest BCUT2D eigenvalue weighted by Crippen LogP contribution is 2.48. The second-order valence-corrected chi connectivity index (χ2v) is 10.6. The molecule has 6 unspecified atom stereocenters. The van der Waals surface area contributed by atoms with Gasteiger partial charge in [0.25, 0.3) is 0 Å². The molecule has 3 radical (unpaired) electrons. The van der Waals surface area contributed by atoms with Crippen LogP contribution in [0.15, 0.2) is 0 Å². The molecule has 0 aromatic carbocycles. The van der Waals surface area contributed by atoms with Crippen LogP contribution in [-0.4, -0.2) is 56.5 Å². The molecule has 4 heteroatoms. The van der Waals surface area contributed by atoms with E-state index in [2.05, 4.69) is 93.0 Å². The second kappa shape index (κ2) is 11.3. The van der Waals surface area contributed by atoms with Crippen molar-refractivity contribution >= 4 is 15.0 Å². The van der Waals surface area contributed by atoms with Crippen molar-refractivity contribution in [3.63, 3.8) is 0 Å². The molecule has 0 aromatic rings. The third-order valence-corrected chi connectivity index (χ3v) is 7.95. The Morgan fingerprint density at radius 1 is 0.815 bits per heavy atom. The lowest BCUT2D eigenvalue weighted by Crippen LogP contribution is -2.48. The Bertz CT molecular complexity index is 410. The Balaban J connectivity index is 5.48. The van der Waals surface area contributed by atoms with Crippen LogP contribution in [0.2, 0.25) is 0 Å². The van der Waals surface area contributed by atoms with Gasteiger partial charge in [0.05, 0.1) is 0 Å². The standard InChI is InChI=1S/C23H49B2N2/c1-13-14-17(2)23(10,19(4)16-21(6)27(12)25-24)18(3)15-20(5)26(11)22(7,8)9/h17-21H,13-16H2,1-12H3. The van der Waals surface area contributed by atoms with Crippen molar-refractivity contribution in [2.45, 2.75) is 113 Å². The summed E-state index contributed by atoms with van der Waals surface area (Å²) >= 11 is 0. The highest BCUT2D eigenvalue weighted by Gasteiger charge is 2.42. The zero-order chi connectivity index (χ0) is 21.6. The minimum atomic E-state index is 0.213. The van der Waals surface area contributed by atoms with E-state index in [-0.39, 0.29) is 5.54 Å². The average molecular weight is 375 g/mol. The fourth-order valence-corrected chi connectivity index (χ4v) is 4.86. The topological polar surface area (TPSA) is 6.48 Å². The second-order valence-electron chi connectivity index (χ2n) is 10.6. The molecule has 0 aromatic heterocycles. The molecule has 0 fully saturated rings. The van der Waals surface area contributed by atoms with Gasteiger partial charge in [-0.15, -0.1) is 0 Å². The van der Waals surface area contributed by atoms with E-state index in [0.717, 1.165) is 5.92 Å². The molecule has 0 saturated carbocycles. The minimum absolute atomic E-state index is 0.213. The van der Waals surface area contributed by atoms with Gasteiger partial charge in [-0.25, -0.2) is 0 Å². The first-order valence-electron chi connectivity index (χ1n) is 11.2. The first-order chi connectivity index (χ1) is 12.2. The third kappa shape index (κ3) is 7.42. The van der Waals surface area contributed by atoms with Crippen molar-refractivity contribution in [2.75, 3.05) is 14.1 Å². The quantitative estimate of drug-likeness (QED) is 0.408. The SMILES string of the molecule is [B][B]N(C)C(C)CC(C)C(C)(C(C)CCC)C(C)CC(C)N(C)C(C)(C)C. The van der Waals surface area contributed by atoms with Crippen molar-refractivity contribution in [2.24, 2.45) is 23.2 Å². The monoisotopic (exact) mass is 375 g/mol. The predicted molar refractivity (Wildman–Crippen MR) is 125 cm³/mol. The molecule has 0 rings (SSSR count). The number of hydrogen-bond donors (Lipinski definition) is 0. The fourth-order valence-electron chi connectivity index (χ4n) is 4.86. The summed E-state index contributed by atoms with van der Waals surface area (Å²) in [6.45, 7) is 24.0. The predicted octanol–water partition coefficient (Wildman–Crippen LogP) is 5.62. The van der Waals surface area contributed by atoms with Gasteiger partial charge in [-0.1, -0.05) is 54.4 Å². The van der Waals surface area contributed by atoms with Crippen LogP contribution in [0.1, 0.15) is 94.9 Å². The van der Waals surface area contributed by atoms with Gasteiger partial charge in [0, 0.05) is 19.3 Å². The van der Waals surface area contributed by atoms with Gasteiger partial charge in [0.2, 0.25) is 0 Å². The van der Waals surface area contributed by atoms with E-state index in [4.69, 9.17) is 7.74 Å². The molecule has 0 amide bonds. The van der Waals surface area contributed by atoms with E-state index in [1.54, 1.807) is 7.31 Å². The largest absolute Gasteiger partial charge is 0.357 e. The van der Waals surface area contributed by atoms with Crippen LogP contribution < -0.4 is 0 Å². The maximum Gasteiger partial charge on any atom is 0.148 e. The number of nitrogens with zero attached hydrogens (tertiary/aromatic N) is 2. The molecule has 0 saturated heterocycles. The van der Waals surface area contributed by atoms with E-state index < -0.39 is 0 Å². The van der Waals surface area contributed by atoms with Crippen molar-refractivity contribution in [1.29, 1.82) is 0 Å². The van der Waals surface area contributed by atoms with Gasteiger partial charge < -0.3 is 4.81 Å². The Morgan fingerprint density at radius 2 is 1.26 bits per heavy atom. The lowest BCUT2D eigenvalue weighted by Gasteiger charge is -2.49. The van der Waals surface area contributed by atoms with Gasteiger partial charge in [-0.2, -0.15) is 0 Å². The molecule has 0 N–H and O–H groups in total. The Labute approximate surface area is 174 Å². The zero-order valence-electron chi connectivity index (χ0n) is 20.8. The summed E-state index contributed by atoms with van der Waals surface area (Å²) in [6.07, 6.45) is 5.00. The third-order valence-electron chi connectivity index (χ3n) is 7.95. The molecule has 0 aliphatic carbocycles. The summed E-state index contributed by atoms with van der Waals surface area (Å²) < 4.78 is 0. The van der Waals surface area contributed by atoms with Crippen LogP contribution in [0, 0.1) is 23.2 Å². The Hall–Kier alpha value is 0.0499. The van der Waals surface area contributed by atoms with Crippen molar-refractivity contribution < 1.29 is 0 Å². The Kier molecular flexibility index (Phi) is 11.3.